The van der Waals surface area contributed by atoms with Crippen LogP contribution in [0, 0.1) is 0 Å². The molecule has 8 heteroatoms. The van der Waals surface area contributed by atoms with Gasteiger partial charge in [-0.2, -0.15) is 0 Å². The molecule has 2 heterocycles. The molecular formula is C34H33NO7. The molecule has 1 atom stereocenters. The van der Waals surface area contributed by atoms with Gasteiger partial charge in [0.15, 0.2) is 11.5 Å². The third-order valence-corrected chi connectivity index (χ3v) is 6.87. The first-order valence-electron chi connectivity index (χ1n) is 14.0. The summed E-state index contributed by atoms with van der Waals surface area (Å²) >= 11 is 0. The topological polar surface area (TPSA) is 98.4 Å². The smallest absolute Gasteiger partial charge is 0.296 e. The van der Waals surface area contributed by atoms with Crippen molar-refractivity contribution in [2.45, 2.75) is 39.5 Å². The van der Waals surface area contributed by atoms with E-state index in [9.17, 15) is 14.7 Å². The fraction of sp³-hybridized carbons (Fsp3) is 0.235. The van der Waals surface area contributed by atoms with Crippen molar-refractivity contribution in [2.75, 3.05) is 13.2 Å². The lowest BCUT2D eigenvalue weighted by molar-refractivity contribution is -0.140. The summed E-state index contributed by atoms with van der Waals surface area (Å²) in [7, 11) is 0. The van der Waals surface area contributed by atoms with E-state index in [1.165, 1.54) is 11.2 Å². The molecule has 216 valence electrons. The molecule has 1 amide bonds. The molecule has 1 aliphatic heterocycles. The predicted octanol–water partition coefficient (Wildman–Crippen LogP) is 6.67. The van der Waals surface area contributed by atoms with Gasteiger partial charge in [-0.1, -0.05) is 43.3 Å². The van der Waals surface area contributed by atoms with Gasteiger partial charge in [-0.3, -0.25) is 9.59 Å². The van der Waals surface area contributed by atoms with Crippen LogP contribution in [0.5, 0.6) is 17.2 Å². The number of hydrogen-bond donors (Lipinski definition) is 1. The van der Waals surface area contributed by atoms with Gasteiger partial charge in [-0.05, 0) is 73.0 Å². The fourth-order valence-corrected chi connectivity index (χ4v) is 4.86. The quantitative estimate of drug-likeness (QED) is 0.116. The van der Waals surface area contributed by atoms with Gasteiger partial charge in [0.2, 0.25) is 0 Å². The van der Waals surface area contributed by atoms with Crippen LogP contribution >= 0.6 is 0 Å². The number of furan rings is 1. The van der Waals surface area contributed by atoms with E-state index >= 15 is 0 Å². The Morgan fingerprint density at radius 2 is 1.67 bits per heavy atom. The lowest BCUT2D eigenvalue weighted by Crippen LogP contribution is -2.29. The highest BCUT2D eigenvalue weighted by Gasteiger charge is 2.46. The third-order valence-electron chi connectivity index (χ3n) is 6.87. The van der Waals surface area contributed by atoms with Crippen molar-refractivity contribution in [3.05, 3.63) is 119 Å². The monoisotopic (exact) mass is 567 g/mol. The average Bonchev–Trinajstić information content (AvgIpc) is 3.62. The van der Waals surface area contributed by atoms with Crippen LogP contribution in [-0.4, -0.2) is 34.9 Å². The summed E-state index contributed by atoms with van der Waals surface area (Å²) < 4.78 is 23.1. The van der Waals surface area contributed by atoms with Crippen LogP contribution < -0.4 is 14.2 Å². The molecular weight excluding hydrogens is 534 g/mol. The van der Waals surface area contributed by atoms with Gasteiger partial charge in [0.25, 0.3) is 11.7 Å². The standard InChI is InChI=1S/C34H33NO7/c1-3-18-40-26-15-12-24(13-16-26)32(36)30-31(35(34(38)33(30)37)21-27-11-8-19-41-27)25-14-17-28(29(20-25)39-4-2)42-22-23-9-6-5-7-10-23/h5-17,19-20,31,36H,3-4,18,21-22H2,1-2H3/b32-30+. The van der Waals surface area contributed by atoms with Crippen LogP contribution in [0.15, 0.2) is 101 Å². The summed E-state index contributed by atoms with van der Waals surface area (Å²) in [6, 6.07) is 24.4. The van der Waals surface area contributed by atoms with Gasteiger partial charge in [-0.15, -0.1) is 0 Å². The molecule has 8 nitrogen and oxygen atoms in total. The van der Waals surface area contributed by atoms with Crippen molar-refractivity contribution in [1.82, 2.24) is 4.90 Å². The Morgan fingerprint density at radius 1 is 0.881 bits per heavy atom. The van der Waals surface area contributed by atoms with Gasteiger partial charge in [0.05, 0.1) is 37.6 Å². The lowest BCUT2D eigenvalue weighted by Gasteiger charge is -2.25. The number of nitrogens with zero attached hydrogens (tertiary/aromatic N) is 1. The first kappa shape index (κ1) is 28.5. The van der Waals surface area contributed by atoms with E-state index in [-0.39, 0.29) is 17.9 Å². The van der Waals surface area contributed by atoms with Gasteiger partial charge in [-0.25, -0.2) is 0 Å². The molecule has 1 aromatic heterocycles. The molecule has 1 fully saturated rings. The van der Waals surface area contributed by atoms with Crippen LogP contribution in [-0.2, 0) is 22.7 Å². The number of carbonyl (C=O) groups is 2. The summed E-state index contributed by atoms with van der Waals surface area (Å²) in [5.74, 6) is 0.357. The summed E-state index contributed by atoms with van der Waals surface area (Å²) in [6.45, 7) is 5.21. The van der Waals surface area contributed by atoms with E-state index in [2.05, 4.69) is 0 Å². The molecule has 0 radical (unpaired) electrons. The summed E-state index contributed by atoms with van der Waals surface area (Å²) in [6.07, 6.45) is 2.37. The van der Waals surface area contributed by atoms with E-state index in [1.807, 2.05) is 44.2 Å². The maximum absolute atomic E-state index is 13.5. The highest BCUT2D eigenvalue weighted by atomic mass is 16.5. The summed E-state index contributed by atoms with van der Waals surface area (Å²) in [4.78, 5) is 28.3. The number of benzene rings is 3. The number of aliphatic hydroxyl groups is 1. The number of carbonyl (C=O) groups excluding carboxylic acids is 2. The molecule has 0 spiro atoms. The Hall–Kier alpha value is -4.98. The van der Waals surface area contributed by atoms with Gasteiger partial charge < -0.3 is 28.6 Å². The molecule has 42 heavy (non-hydrogen) atoms. The number of aliphatic hydroxyl groups excluding tert-OH is 1. The van der Waals surface area contributed by atoms with E-state index in [4.69, 9.17) is 18.6 Å². The van der Waals surface area contributed by atoms with Gasteiger partial charge >= 0.3 is 0 Å². The zero-order chi connectivity index (χ0) is 29.5. The second kappa shape index (κ2) is 13.1. The van der Waals surface area contributed by atoms with E-state index in [0.717, 1.165) is 12.0 Å². The van der Waals surface area contributed by atoms with Crippen LogP contribution in [0.1, 0.15) is 48.8 Å². The minimum absolute atomic E-state index is 0.0193. The largest absolute Gasteiger partial charge is 0.507 e. The van der Waals surface area contributed by atoms with Crippen molar-refractivity contribution in [3.8, 4) is 17.2 Å². The van der Waals surface area contributed by atoms with Crippen molar-refractivity contribution < 1.29 is 33.3 Å². The zero-order valence-corrected chi connectivity index (χ0v) is 23.6. The maximum atomic E-state index is 13.5. The van der Waals surface area contributed by atoms with Crippen molar-refractivity contribution in [3.63, 3.8) is 0 Å². The number of rotatable bonds is 12. The number of likely N-dealkylation sites (tertiary alicyclic amines) is 1. The Kier molecular flexibility index (Phi) is 8.92. The number of Topliss-reactive ketones (excluding diaryl/α,β-unsaturated/α-hetero) is 1. The van der Waals surface area contributed by atoms with Crippen LogP contribution in [0.25, 0.3) is 5.76 Å². The normalized spacial score (nSPS) is 16.0. The van der Waals surface area contributed by atoms with Crippen molar-refractivity contribution in [1.29, 1.82) is 0 Å². The predicted molar refractivity (Wildman–Crippen MR) is 157 cm³/mol. The Bertz CT molecular complexity index is 1540. The maximum Gasteiger partial charge on any atom is 0.296 e. The minimum atomic E-state index is -0.895. The van der Waals surface area contributed by atoms with Gasteiger partial charge in [0.1, 0.15) is 23.9 Å². The summed E-state index contributed by atoms with van der Waals surface area (Å²) in [5.41, 5.74) is 1.96. The Morgan fingerprint density at radius 3 is 2.36 bits per heavy atom. The fourth-order valence-electron chi connectivity index (χ4n) is 4.86. The van der Waals surface area contributed by atoms with Crippen LogP contribution in [0.2, 0.25) is 0 Å². The molecule has 0 aliphatic carbocycles. The molecule has 5 rings (SSSR count). The Labute approximate surface area is 244 Å². The number of ketones is 1. The number of amides is 1. The zero-order valence-electron chi connectivity index (χ0n) is 23.6. The summed E-state index contributed by atoms with van der Waals surface area (Å²) in [5, 5.41) is 11.4. The molecule has 1 unspecified atom stereocenters. The van der Waals surface area contributed by atoms with Crippen LogP contribution in [0.4, 0.5) is 0 Å². The average molecular weight is 568 g/mol. The lowest BCUT2D eigenvalue weighted by atomic mass is 9.95. The molecule has 4 aromatic rings. The van der Waals surface area contributed by atoms with E-state index in [0.29, 0.717) is 54.0 Å². The number of ether oxygens (including phenoxy) is 3. The first-order valence-corrected chi connectivity index (χ1v) is 14.0. The second-order valence-corrected chi connectivity index (χ2v) is 9.79. The van der Waals surface area contributed by atoms with Gasteiger partial charge in [0, 0.05) is 5.56 Å². The first-order chi connectivity index (χ1) is 20.5. The second-order valence-electron chi connectivity index (χ2n) is 9.79. The van der Waals surface area contributed by atoms with Crippen LogP contribution in [0.3, 0.4) is 0 Å². The Balaban J connectivity index is 1.55. The molecule has 1 saturated heterocycles. The highest BCUT2D eigenvalue weighted by molar-refractivity contribution is 6.46. The van der Waals surface area contributed by atoms with Crippen molar-refractivity contribution in [2.24, 2.45) is 0 Å². The molecule has 1 aliphatic rings. The highest BCUT2D eigenvalue weighted by Crippen LogP contribution is 2.43. The van der Waals surface area contributed by atoms with E-state index < -0.39 is 17.7 Å². The SMILES string of the molecule is CCCOc1ccc(/C(O)=C2\C(=O)C(=O)N(Cc3ccco3)C2c2ccc(OCc3ccccc3)c(OCC)c2)cc1. The number of hydrogen-bond acceptors (Lipinski definition) is 7. The minimum Gasteiger partial charge on any atom is -0.507 e. The van der Waals surface area contributed by atoms with Crippen molar-refractivity contribution >= 4 is 17.4 Å². The third kappa shape index (κ3) is 6.17. The molecule has 0 bridgehead atoms. The molecule has 3 aromatic carbocycles. The van der Waals surface area contributed by atoms with E-state index in [1.54, 1.807) is 54.6 Å². The molecule has 0 saturated carbocycles. The molecule has 1 N–H and O–H groups in total.